The van der Waals surface area contributed by atoms with Gasteiger partial charge in [0.25, 0.3) is 0 Å². The highest BCUT2D eigenvalue weighted by molar-refractivity contribution is 4.98. The average Bonchev–Trinajstić information content (AvgIpc) is 2.55. The van der Waals surface area contributed by atoms with Gasteiger partial charge in [0, 0.05) is 0 Å². The van der Waals surface area contributed by atoms with Gasteiger partial charge in [-0.1, -0.05) is 53.9 Å². The lowest BCUT2D eigenvalue weighted by Gasteiger charge is -2.40. The first-order valence-electron chi connectivity index (χ1n) is 7.41. The van der Waals surface area contributed by atoms with E-state index >= 15 is 0 Å². The van der Waals surface area contributed by atoms with Gasteiger partial charge in [-0.3, -0.25) is 0 Å². The Morgan fingerprint density at radius 1 is 1.00 bits per heavy atom. The minimum absolute atomic E-state index is 0.520. The van der Waals surface area contributed by atoms with Crippen LogP contribution < -0.4 is 0 Å². The molecule has 0 radical (unpaired) electrons. The topological polar surface area (TPSA) is 0 Å². The first-order chi connectivity index (χ1) is 7.41. The van der Waals surface area contributed by atoms with Crippen LogP contribution in [0.2, 0.25) is 0 Å². The first kappa shape index (κ1) is 12.5. The molecule has 0 amide bonds. The maximum Gasteiger partial charge on any atom is -0.0303 e. The predicted molar refractivity (Wildman–Crippen MR) is 71.3 cm³/mol. The van der Waals surface area contributed by atoms with Crippen LogP contribution in [0.25, 0.3) is 0 Å². The molecule has 0 saturated heterocycles. The van der Waals surface area contributed by atoms with E-state index in [9.17, 15) is 0 Å². The molecule has 0 heteroatoms. The standard InChI is InChI=1S/C16H30/c1-11(2)14-10-12-8-6-7-9-13(12)15(14)16(3,4)5/h11-15H,6-10H2,1-5H3. The molecular formula is C16H30. The van der Waals surface area contributed by atoms with Gasteiger partial charge >= 0.3 is 0 Å². The second-order valence-corrected chi connectivity index (χ2v) is 7.74. The van der Waals surface area contributed by atoms with Crippen molar-refractivity contribution in [2.75, 3.05) is 0 Å². The molecule has 0 aromatic rings. The van der Waals surface area contributed by atoms with E-state index in [0.717, 1.165) is 29.6 Å². The summed E-state index contributed by atoms with van der Waals surface area (Å²) in [6, 6.07) is 0. The van der Waals surface area contributed by atoms with Gasteiger partial charge in [0.15, 0.2) is 0 Å². The second kappa shape index (κ2) is 4.35. The van der Waals surface area contributed by atoms with E-state index in [1.165, 1.54) is 32.1 Å². The van der Waals surface area contributed by atoms with Crippen molar-refractivity contribution < 1.29 is 0 Å². The summed E-state index contributed by atoms with van der Waals surface area (Å²) in [7, 11) is 0. The quantitative estimate of drug-likeness (QED) is 0.577. The van der Waals surface area contributed by atoms with Gasteiger partial charge in [-0.2, -0.15) is 0 Å². The molecule has 0 aromatic carbocycles. The maximum absolute atomic E-state index is 2.48. The molecule has 94 valence electrons. The van der Waals surface area contributed by atoms with Crippen molar-refractivity contribution in [1.82, 2.24) is 0 Å². The van der Waals surface area contributed by atoms with Gasteiger partial charge in [-0.05, 0) is 47.8 Å². The molecule has 0 aromatic heterocycles. The molecule has 16 heavy (non-hydrogen) atoms. The van der Waals surface area contributed by atoms with Crippen LogP contribution in [0.5, 0.6) is 0 Å². The van der Waals surface area contributed by atoms with E-state index in [1.807, 2.05) is 0 Å². The summed E-state index contributed by atoms with van der Waals surface area (Å²) in [5, 5.41) is 0. The van der Waals surface area contributed by atoms with Crippen molar-refractivity contribution in [2.24, 2.45) is 35.0 Å². The van der Waals surface area contributed by atoms with Crippen LogP contribution in [0.1, 0.15) is 66.7 Å². The van der Waals surface area contributed by atoms with Crippen LogP contribution in [0.4, 0.5) is 0 Å². The largest absolute Gasteiger partial charge is 0.0625 e. The number of hydrogen-bond donors (Lipinski definition) is 0. The minimum Gasteiger partial charge on any atom is -0.0625 e. The fraction of sp³-hybridized carbons (Fsp3) is 1.00. The summed E-state index contributed by atoms with van der Waals surface area (Å²) in [5.74, 6) is 4.99. The molecule has 4 atom stereocenters. The molecule has 2 fully saturated rings. The lowest BCUT2D eigenvalue weighted by Crippen LogP contribution is -2.33. The molecule has 2 aliphatic rings. The Bertz CT molecular complexity index is 231. The van der Waals surface area contributed by atoms with Crippen LogP contribution in [-0.4, -0.2) is 0 Å². The van der Waals surface area contributed by atoms with E-state index in [2.05, 4.69) is 34.6 Å². The molecule has 2 aliphatic carbocycles. The summed E-state index contributed by atoms with van der Waals surface area (Å²) in [4.78, 5) is 0. The van der Waals surface area contributed by atoms with Crippen molar-refractivity contribution >= 4 is 0 Å². The molecule has 2 saturated carbocycles. The van der Waals surface area contributed by atoms with E-state index in [4.69, 9.17) is 0 Å². The lowest BCUT2D eigenvalue weighted by molar-refractivity contribution is 0.0896. The molecule has 0 aliphatic heterocycles. The highest BCUT2D eigenvalue weighted by Crippen LogP contribution is 2.56. The first-order valence-corrected chi connectivity index (χ1v) is 7.41. The Hall–Kier alpha value is 0. The second-order valence-electron chi connectivity index (χ2n) is 7.74. The molecular weight excluding hydrogens is 192 g/mol. The van der Waals surface area contributed by atoms with Crippen molar-refractivity contribution in [3.63, 3.8) is 0 Å². The van der Waals surface area contributed by atoms with E-state index in [-0.39, 0.29) is 0 Å². The predicted octanol–water partition coefficient (Wildman–Crippen LogP) is 5.13. The van der Waals surface area contributed by atoms with Crippen LogP contribution in [0, 0.1) is 35.0 Å². The van der Waals surface area contributed by atoms with Gasteiger partial charge in [-0.25, -0.2) is 0 Å². The molecule has 0 N–H and O–H groups in total. The smallest absolute Gasteiger partial charge is 0.0303 e. The van der Waals surface area contributed by atoms with Crippen molar-refractivity contribution in [1.29, 1.82) is 0 Å². The maximum atomic E-state index is 2.48. The van der Waals surface area contributed by atoms with Gasteiger partial charge < -0.3 is 0 Å². The van der Waals surface area contributed by atoms with Crippen LogP contribution >= 0.6 is 0 Å². The highest BCUT2D eigenvalue weighted by Gasteiger charge is 2.49. The monoisotopic (exact) mass is 222 g/mol. The number of fused-ring (bicyclic) bond motifs is 1. The third-order valence-electron chi connectivity index (χ3n) is 5.32. The summed E-state index contributed by atoms with van der Waals surface area (Å²) < 4.78 is 0. The molecule has 0 nitrogen and oxygen atoms in total. The van der Waals surface area contributed by atoms with Gasteiger partial charge in [0.05, 0.1) is 0 Å². The Balaban J connectivity index is 2.21. The molecule has 4 unspecified atom stereocenters. The SMILES string of the molecule is CC(C)C1CC2CCCCC2C1C(C)(C)C. The van der Waals surface area contributed by atoms with Crippen molar-refractivity contribution in [3.8, 4) is 0 Å². The molecule has 0 heterocycles. The summed E-state index contributed by atoms with van der Waals surface area (Å²) in [5.41, 5.74) is 0.520. The molecule has 0 bridgehead atoms. The van der Waals surface area contributed by atoms with E-state index < -0.39 is 0 Å². The zero-order valence-corrected chi connectivity index (χ0v) is 11.9. The van der Waals surface area contributed by atoms with Gasteiger partial charge in [0.2, 0.25) is 0 Å². The Kier molecular flexibility index (Phi) is 3.39. The average molecular weight is 222 g/mol. The highest BCUT2D eigenvalue weighted by atomic mass is 14.5. The normalized spacial score (nSPS) is 40.1. The number of rotatable bonds is 1. The fourth-order valence-corrected chi connectivity index (χ4v) is 4.79. The van der Waals surface area contributed by atoms with Crippen LogP contribution in [0.3, 0.4) is 0 Å². The van der Waals surface area contributed by atoms with E-state index in [0.29, 0.717) is 5.41 Å². The Labute approximate surface area is 102 Å². The third kappa shape index (κ3) is 2.17. The van der Waals surface area contributed by atoms with Gasteiger partial charge in [0.1, 0.15) is 0 Å². The summed E-state index contributed by atoms with van der Waals surface area (Å²) in [6.45, 7) is 12.3. The zero-order chi connectivity index (χ0) is 11.9. The minimum atomic E-state index is 0.520. The zero-order valence-electron chi connectivity index (χ0n) is 11.9. The van der Waals surface area contributed by atoms with Crippen molar-refractivity contribution in [2.45, 2.75) is 66.7 Å². The van der Waals surface area contributed by atoms with Crippen molar-refractivity contribution in [3.05, 3.63) is 0 Å². The fourth-order valence-electron chi connectivity index (χ4n) is 4.79. The van der Waals surface area contributed by atoms with Crippen LogP contribution in [0.15, 0.2) is 0 Å². The summed E-state index contributed by atoms with van der Waals surface area (Å²) in [6.07, 6.45) is 7.59. The lowest BCUT2D eigenvalue weighted by atomic mass is 9.65. The summed E-state index contributed by atoms with van der Waals surface area (Å²) >= 11 is 0. The Morgan fingerprint density at radius 2 is 1.62 bits per heavy atom. The molecule has 2 rings (SSSR count). The third-order valence-corrected chi connectivity index (χ3v) is 5.32. The number of hydrogen-bond acceptors (Lipinski definition) is 0. The van der Waals surface area contributed by atoms with Gasteiger partial charge in [-0.15, -0.1) is 0 Å². The Morgan fingerprint density at radius 3 is 2.19 bits per heavy atom. The molecule has 0 spiro atoms. The van der Waals surface area contributed by atoms with Crippen LogP contribution in [-0.2, 0) is 0 Å². The van der Waals surface area contributed by atoms with E-state index in [1.54, 1.807) is 0 Å².